The Labute approximate surface area is 132 Å². The molecule has 0 radical (unpaired) electrons. The Bertz CT molecular complexity index is 617. The van der Waals surface area contributed by atoms with E-state index < -0.39 is 5.97 Å². The molecule has 1 fully saturated rings. The van der Waals surface area contributed by atoms with Crippen LogP contribution in [-0.2, 0) is 11.8 Å². The van der Waals surface area contributed by atoms with Gasteiger partial charge in [0.15, 0.2) is 0 Å². The van der Waals surface area contributed by atoms with E-state index >= 15 is 0 Å². The summed E-state index contributed by atoms with van der Waals surface area (Å²) >= 11 is 0. The van der Waals surface area contributed by atoms with E-state index in [-0.39, 0.29) is 17.4 Å². The van der Waals surface area contributed by atoms with Gasteiger partial charge in [-0.1, -0.05) is 26.3 Å². The molecule has 0 spiro atoms. The van der Waals surface area contributed by atoms with Crippen LogP contribution in [0.2, 0.25) is 0 Å². The van der Waals surface area contributed by atoms with Crippen molar-refractivity contribution in [1.29, 1.82) is 0 Å². The summed E-state index contributed by atoms with van der Waals surface area (Å²) in [5.74, 6) is -0.443. The minimum atomic E-state index is -0.870. The molecule has 3 rings (SSSR count). The highest BCUT2D eigenvalue weighted by Gasteiger charge is 2.52. The van der Waals surface area contributed by atoms with E-state index in [4.69, 9.17) is 0 Å². The molecule has 0 aliphatic heterocycles. The van der Waals surface area contributed by atoms with Crippen molar-refractivity contribution in [3.63, 3.8) is 0 Å². The van der Waals surface area contributed by atoms with Crippen LogP contribution in [-0.4, -0.2) is 22.8 Å². The maximum absolute atomic E-state index is 11.5. The first kappa shape index (κ1) is 15.5. The van der Waals surface area contributed by atoms with Gasteiger partial charge < -0.3 is 10.2 Å². The molecule has 0 aromatic heterocycles. The Morgan fingerprint density at radius 3 is 2.68 bits per heavy atom. The minimum Gasteiger partial charge on any atom is -0.478 e. The molecule has 2 unspecified atom stereocenters. The van der Waals surface area contributed by atoms with Crippen LogP contribution in [0.3, 0.4) is 0 Å². The smallest absolute Gasteiger partial charge is 0.335 e. The van der Waals surface area contributed by atoms with Crippen LogP contribution in [0.5, 0.6) is 0 Å². The van der Waals surface area contributed by atoms with Crippen molar-refractivity contribution < 1.29 is 15.0 Å². The van der Waals surface area contributed by atoms with Crippen molar-refractivity contribution >= 4 is 5.97 Å². The highest BCUT2D eigenvalue weighted by atomic mass is 16.4. The molecule has 120 valence electrons. The zero-order chi connectivity index (χ0) is 16.1. The lowest BCUT2D eigenvalue weighted by Gasteiger charge is -2.55. The van der Waals surface area contributed by atoms with Crippen LogP contribution >= 0.6 is 0 Å². The monoisotopic (exact) mass is 302 g/mol. The second-order valence-electron chi connectivity index (χ2n) is 7.88. The first-order valence-electron chi connectivity index (χ1n) is 8.30. The molecule has 3 heteroatoms. The number of carboxylic acids is 1. The maximum atomic E-state index is 11.5. The van der Waals surface area contributed by atoms with Crippen LogP contribution < -0.4 is 0 Å². The lowest BCUT2D eigenvalue weighted by Crippen LogP contribution is -2.52. The SMILES string of the molecule is Cc1cc2c(cc1C(=O)O)C1(CO)CCCC(C)(C)C1CC2. The third-order valence-corrected chi connectivity index (χ3v) is 6.26. The van der Waals surface area contributed by atoms with Gasteiger partial charge in [0.2, 0.25) is 0 Å². The van der Waals surface area contributed by atoms with E-state index in [0.717, 1.165) is 36.8 Å². The number of aliphatic hydroxyl groups is 1. The number of carboxylic acid groups (broad SMARTS) is 1. The quantitative estimate of drug-likeness (QED) is 0.876. The topological polar surface area (TPSA) is 57.5 Å². The molecule has 1 saturated carbocycles. The Morgan fingerprint density at radius 2 is 2.05 bits per heavy atom. The van der Waals surface area contributed by atoms with Crippen LogP contribution in [0.15, 0.2) is 12.1 Å². The Balaban J connectivity index is 2.21. The normalized spacial score (nSPS) is 29.5. The zero-order valence-corrected chi connectivity index (χ0v) is 13.8. The minimum absolute atomic E-state index is 0.121. The van der Waals surface area contributed by atoms with Gasteiger partial charge in [0.1, 0.15) is 0 Å². The molecule has 2 aliphatic rings. The van der Waals surface area contributed by atoms with E-state index in [9.17, 15) is 15.0 Å². The van der Waals surface area contributed by atoms with Gasteiger partial charge >= 0.3 is 5.97 Å². The Morgan fingerprint density at radius 1 is 1.32 bits per heavy atom. The molecule has 0 heterocycles. The first-order valence-corrected chi connectivity index (χ1v) is 8.30. The van der Waals surface area contributed by atoms with Crippen LogP contribution in [0.4, 0.5) is 0 Å². The van der Waals surface area contributed by atoms with Crippen molar-refractivity contribution in [2.45, 2.75) is 58.3 Å². The number of rotatable bonds is 2. The lowest BCUT2D eigenvalue weighted by molar-refractivity contribution is -0.00515. The summed E-state index contributed by atoms with van der Waals surface area (Å²) in [7, 11) is 0. The molecule has 2 atom stereocenters. The maximum Gasteiger partial charge on any atom is 0.335 e. The summed E-state index contributed by atoms with van der Waals surface area (Å²) in [6.45, 7) is 6.60. The molecule has 0 amide bonds. The first-order chi connectivity index (χ1) is 10.3. The number of hydrogen-bond acceptors (Lipinski definition) is 2. The number of carbonyl (C=O) groups is 1. The number of aryl methyl sites for hydroxylation is 2. The molecule has 2 N–H and O–H groups in total. The molecular weight excluding hydrogens is 276 g/mol. The highest BCUT2D eigenvalue weighted by Crippen LogP contribution is 2.57. The predicted molar refractivity (Wildman–Crippen MR) is 86.3 cm³/mol. The summed E-state index contributed by atoms with van der Waals surface area (Å²) in [5.41, 5.74) is 3.50. The summed E-state index contributed by atoms with van der Waals surface area (Å²) in [6.07, 6.45) is 5.33. The van der Waals surface area contributed by atoms with Crippen molar-refractivity contribution in [2.24, 2.45) is 11.3 Å². The largest absolute Gasteiger partial charge is 0.478 e. The lowest BCUT2D eigenvalue weighted by atomic mass is 9.49. The van der Waals surface area contributed by atoms with Crippen molar-refractivity contribution in [3.8, 4) is 0 Å². The van der Waals surface area contributed by atoms with Gasteiger partial charge in [0, 0.05) is 5.41 Å². The number of aliphatic hydroxyl groups excluding tert-OH is 1. The van der Waals surface area contributed by atoms with E-state index in [1.807, 2.05) is 19.1 Å². The number of fused-ring (bicyclic) bond motifs is 3. The number of benzene rings is 1. The summed E-state index contributed by atoms with van der Waals surface area (Å²) < 4.78 is 0. The Hall–Kier alpha value is -1.35. The molecule has 1 aromatic rings. The van der Waals surface area contributed by atoms with E-state index in [1.165, 1.54) is 12.0 Å². The summed E-state index contributed by atoms with van der Waals surface area (Å²) in [4.78, 5) is 11.5. The van der Waals surface area contributed by atoms with E-state index in [1.54, 1.807) is 0 Å². The fourth-order valence-corrected chi connectivity index (χ4v) is 5.19. The third kappa shape index (κ3) is 2.10. The molecule has 1 aromatic carbocycles. The van der Waals surface area contributed by atoms with Gasteiger partial charge in [-0.3, -0.25) is 0 Å². The molecule has 0 bridgehead atoms. The van der Waals surface area contributed by atoms with Gasteiger partial charge in [-0.25, -0.2) is 4.79 Å². The second-order valence-corrected chi connectivity index (χ2v) is 7.88. The standard InChI is InChI=1S/C19H26O3/c1-12-9-13-5-6-16-18(2,3)7-4-8-19(16,11-20)15(13)10-14(12)17(21)22/h9-10,16,20H,4-8,11H2,1-3H3,(H,21,22). The van der Waals surface area contributed by atoms with E-state index in [2.05, 4.69) is 13.8 Å². The van der Waals surface area contributed by atoms with Crippen molar-refractivity contribution in [2.75, 3.05) is 6.61 Å². The third-order valence-electron chi connectivity index (χ3n) is 6.26. The predicted octanol–water partition coefficient (Wildman–Crippen LogP) is 3.70. The number of hydrogen-bond donors (Lipinski definition) is 2. The van der Waals surface area contributed by atoms with Gasteiger partial charge in [-0.05, 0) is 66.7 Å². The molecule has 3 nitrogen and oxygen atoms in total. The Kier molecular flexibility index (Phi) is 3.59. The van der Waals surface area contributed by atoms with Crippen LogP contribution in [0.25, 0.3) is 0 Å². The molecular formula is C19H26O3. The van der Waals surface area contributed by atoms with Gasteiger partial charge in [0.25, 0.3) is 0 Å². The van der Waals surface area contributed by atoms with Gasteiger partial charge in [-0.15, -0.1) is 0 Å². The van der Waals surface area contributed by atoms with Crippen LogP contribution in [0, 0.1) is 18.3 Å². The van der Waals surface area contributed by atoms with Gasteiger partial charge in [-0.2, -0.15) is 0 Å². The molecule has 0 saturated heterocycles. The van der Waals surface area contributed by atoms with Gasteiger partial charge in [0.05, 0.1) is 12.2 Å². The second kappa shape index (κ2) is 5.09. The average Bonchev–Trinajstić information content (AvgIpc) is 2.45. The summed E-state index contributed by atoms with van der Waals surface area (Å²) in [6, 6.07) is 3.89. The zero-order valence-electron chi connectivity index (χ0n) is 13.8. The van der Waals surface area contributed by atoms with Crippen molar-refractivity contribution in [1.82, 2.24) is 0 Å². The highest BCUT2D eigenvalue weighted by molar-refractivity contribution is 5.90. The van der Waals surface area contributed by atoms with E-state index in [0.29, 0.717) is 11.5 Å². The molecule has 22 heavy (non-hydrogen) atoms. The fraction of sp³-hybridized carbons (Fsp3) is 0.632. The number of aromatic carboxylic acids is 1. The molecule has 2 aliphatic carbocycles. The summed E-state index contributed by atoms with van der Waals surface area (Å²) in [5, 5.41) is 19.8. The van der Waals surface area contributed by atoms with Crippen LogP contribution in [0.1, 0.15) is 66.6 Å². The average molecular weight is 302 g/mol. The van der Waals surface area contributed by atoms with Crippen molar-refractivity contribution in [3.05, 3.63) is 34.4 Å². The fourth-order valence-electron chi connectivity index (χ4n) is 5.19.